The number of hydrogen-bond donors (Lipinski definition) is 3. The number of aliphatic hydroxyl groups is 1. The highest BCUT2D eigenvalue weighted by molar-refractivity contribution is 5.96. The van der Waals surface area contributed by atoms with Crippen LogP contribution in [0.5, 0.6) is 0 Å². The molecule has 1 aromatic carbocycles. The highest BCUT2D eigenvalue weighted by atomic mass is 19.4. The maximum Gasteiger partial charge on any atom is 0.416 e. The van der Waals surface area contributed by atoms with Crippen LogP contribution in [0.3, 0.4) is 0 Å². The molecule has 0 radical (unpaired) electrons. The van der Waals surface area contributed by atoms with E-state index in [4.69, 9.17) is 0 Å². The summed E-state index contributed by atoms with van der Waals surface area (Å²) in [6, 6.07) is 4.55. The van der Waals surface area contributed by atoms with Crippen molar-refractivity contribution in [3.63, 3.8) is 0 Å². The van der Waals surface area contributed by atoms with Crippen LogP contribution in [-0.4, -0.2) is 69.1 Å². The van der Waals surface area contributed by atoms with Crippen LogP contribution in [0.15, 0.2) is 42.9 Å². The Balaban J connectivity index is 1.13. The number of aryl methyl sites for hydroxylation is 1. The highest BCUT2D eigenvalue weighted by Crippen LogP contribution is 2.33. The number of halogens is 3. The molecule has 8 nitrogen and oxygen atoms in total. The van der Waals surface area contributed by atoms with Crippen molar-refractivity contribution in [1.82, 2.24) is 25.5 Å². The summed E-state index contributed by atoms with van der Waals surface area (Å²) >= 11 is 0. The first kappa shape index (κ1) is 28.9. The van der Waals surface area contributed by atoms with E-state index < -0.39 is 23.2 Å². The van der Waals surface area contributed by atoms with E-state index in [-0.39, 0.29) is 30.1 Å². The summed E-state index contributed by atoms with van der Waals surface area (Å²) in [5.74, 6) is -0.981. The third-order valence-electron chi connectivity index (χ3n) is 7.72. The molecule has 11 heteroatoms. The molecule has 212 valence electrons. The smallest absolute Gasteiger partial charge is 0.390 e. The van der Waals surface area contributed by atoms with Crippen molar-refractivity contribution in [2.75, 3.05) is 19.6 Å². The quantitative estimate of drug-likeness (QED) is 0.393. The standard InChI is InChI=1S/C28H36F3N5O3/c29-28(30,31)21-5-3-4-20(16-21)26(38)34-18-25(37)36-15-9-24(19-36)35-22-7-11-27(39,12-8-22)10-2-1-6-23-17-32-13-14-33-23/h3-5,13-14,16-17,22,24,35,39H,1-2,6-12,15,18-19H2,(H,34,38)/t22?,24-,27?/m0/s1. The van der Waals surface area contributed by atoms with Crippen LogP contribution in [-0.2, 0) is 17.4 Å². The Kier molecular flexibility index (Phi) is 9.55. The molecule has 2 aromatic rings. The lowest BCUT2D eigenvalue weighted by atomic mass is 9.79. The Morgan fingerprint density at radius 3 is 2.62 bits per heavy atom. The zero-order chi connectivity index (χ0) is 27.9. The van der Waals surface area contributed by atoms with Gasteiger partial charge in [0.2, 0.25) is 5.91 Å². The van der Waals surface area contributed by atoms with Crippen molar-refractivity contribution in [1.29, 1.82) is 0 Å². The van der Waals surface area contributed by atoms with Gasteiger partial charge in [0.15, 0.2) is 0 Å². The van der Waals surface area contributed by atoms with Gasteiger partial charge in [0.05, 0.1) is 23.4 Å². The molecule has 2 heterocycles. The lowest BCUT2D eigenvalue weighted by Gasteiger charge is -2.37. The van der Waals surface area contributed by atoms with Gasteiger partial charge in [-0.05, 0) is 69.6 Å². The first-order valence-corrected chi connectivity index (χ1v) is 13.6. The van der Waals surface area contributed by atoms with E-state index in [1.807, 2.05) is 0 Å². The number of likely N-dealkylation sites (tertiary alicyclic amines) is 1. The van der Waals surface area contributed by atoms with E-state index in [1.165, 1.54) is 12.1 Å². The molecule has 1 aliphatic carbocycles. The molecule has 39 heavy (non-hydrogen) atoms. The molecule has 2 amide bonds. The monoisotopic (exact) mass is 547 g/mol. The maximum atomic E-state index is 12.9. The number of amides is 2. The van der Waals surface area contributed by atoms with Gasteiger partial charge in [0.25, 0.3) is 5.91 Å². The molecule has 0 spiro atoms. The first-order chi connectivity index (χ1) is 18.6. The van der Waals surface area contributed by atoms with Crippen LogP contribution < -0.4 is 10.6 Å². The van der Waals surface area contributed by atoms with Crippen molar-refractivity contribution in [2.45, 2.75) is 81.6 Å². The van der Waals surface area contributed by atoms with Crippen molar-refractivity contribution in [3.05, 3.63) is 59.7 Å². The number of hydrogen-bond acceptors (Lipinski definition) is 6. The van der Waals surface area contributed by atoms with Gasteiger partial charge in [-0.25, -0.2) is 0 Å². The number of carbonyl (C=O) groups excluding carboxylic acids is 2. The van der Waals surface area contributed by atoms with Crippen LogP contribution in [0.25, 0.3) is 0 Å². The largest absolute Gasteiger partial charge is 0.416 e. The Bertz CT molecular complexity index is 1110. The maximum absolute atomic E-state index is 12.9. The molecule has 1 aromatic heterocycles. The number of nitrogens with one attached hydrogen (secondary N) is 2. The van der Waals surface area contributed by atoms with Gasteiger partial charge >= 0.3 is 6.18 Å². The summed E-state index contributed by atoms with van der Waals surface area (Å²) < 4.78 is 38.7. The van der Waals surface area contributed by atoms with Crippen molar-refractivity contribution >= 4 is 11.8 Å². The van der Waals surface area contributed by atoms with Gasteiger partial charge in [-0.1, -0.05) is 12.5 Å². The Labute approximate surface area is 226 Å². The molecule has 4 rings (SSSR count). The average Bonchev–Trinajstić information content (AvgIpc) is 3.40. The number of aromatic nitrogens is 2. The second kappa shape index (κ2) is 12.9. The molecular weight excluding hydrogens is 511 g/mol. The number of rotatable bonds is 10. The van der Waals surface area contributed by atoms with Crippen LogP contribution >= 0.6 is 0 Å². The number of carbonyl (C=O) groups is 2. The van der Waals surface area contributed by atoms with E-state index >= 15 is 0 Å². The van der Waals surface area contributed by atoms with Gasteiger partial charge in [-0.3, -0.25) is 19.6 Å². The predicted octanol–water partition coefficient (Wildman–Crippen LogP) is 3.50. The third-order valence-corrected chi connectivity index (χ3v) is 7.72. The molecular formula is C28H36F3N5O3. The molecule has 0 bridgehead atoms. The number of unbranched alkanes of at least 4 members (excludes halogenated alkanes) is 1. The molecule has 1 atom stereocenters. The first-order valence-electron chi connectivity index (χ1n) is 13.6. The normalized spacial score (nSPS) is 23.5. The molecule has 3 N–H and O–H groups in total. The van der Waals surface area contributed by atoms with Crippen LogP contribution in [0.1, 0.15) is 73.0 Å². The van der Waals surface area contributed by atoms with Gasteiger partial charge in [-0.2, -0.15) is 13.2 Å². The number of nitrogens with zero attached hydrogens (tertiary/aromatic N) is 3. The van der Waals surface area contributed by atoms with Gasteiger partial charge in [-0.15, -0.1) is 0 Å². The second-order valence-electron chi connectivity index (χ2n) is 10.7. The third kappa shape index (κ3) is 8.47. The minimum Gasteiger partial charge on any atom is -0.390 e. The van der Waals surface area contributed by atoms with Crippen LogP contribution in [0, 0.1) is 0 Å². The molecule has 1 aliphatic heterocycles. The van der Waals surface area contributed by atoms with Crippen molar-refractivity contribution < 1.29 is 27.9 Å². The zero-order valence-corrected chi connectivity index (χ0v) is 21.9. The van der Waals surface area contributed by atoms with E-state index in [0.29, 0.717) is 13.1 Å². The Hall–Kier alpha value is -3.05. The van der Waals surface area contributed by atoms with Gasteiger partial charge in [0.1, 0.15) is 0 Å². The Morgan fingerprint density at radius 1 is 1.10 bits per heavy atom. The summed E-state index contributed by atoms with van der Waals surface area (Å²) in [4.78, 5) is 34.9. The van der Waals surface area contributed by atoms with Crippen LogP contribution in [0.4, 0.5) is 13.2 Å². The summed E-state index contributed by atoms with van der Waals surface area (Å²) in [7, 11) is 0. The summed E-state index contributed by atoms with van der Waals surface area (Å²) in [6.07, 6.45) is 8.15. The summed E-state index contributed by atoms with van der Waals surface area (Å²) in [5, 5.41) is 17.1. The lowest BCUT2D eigenvalue weighted by molar-refractivity contribution is -0.137. The van der Waals surface area contributed by atoms with E-state index in [9.17, 15) is 27.9 Å². The fourth-order valence-corrected chi connectivity index (χ4v) is 5.45. The van der Waals surface area contributed by atoms with Crippen LogP contribution in [0.2, 0.25) is 0 Å². The topological polar surface area (TPSA) is 107 Å². The molecule has 1 saturated heterocycles. The number of benzene rings is 1. The minimum absolute atomic E-state index is 0.135. The summed E-state index contributed by atoms with van der Waals surface area (Å²) in [6.45, 7) is 0.800. The van der Waals surface area contributed by atoms with Crippen molar-refractivity contribution in [3.8, 4) is 0 Å². The Morgan fingerprint density at radius 2 is 1.90 bits per heavy atom. The molecule has 2 aliphatic rings. The molecule has 1 saturated carbocycles. The SMILES string of the molecule is O=C(NCC(=O)N1CC[C@H](NC2CCC(O)(CCCCc3cnccn3)CC2)C1)c1cccc(C(F)(F)F)c1. The summed E-state index contributed by atoms with van der Waals surface area (Å²) in [5.41, 5.74) is -0.703. The predicted molar refractivity (Wildman–Crippen MR) is 139 cm³/mol. The van der Waals surface area contributed by atoms with E-state index in [1.54, 1.807) is 23.5 Å². The zero-order valence-electron chi connectivity index (χ0n) is 21.9. The lowest BCUT2D eigenvalue weighted by Crippen LogP contribution is -2.46. The van der Waals surface area contributed by atoms with E-state index in [2.05, 4.69) is 20.6 Å². The average molecular weight is 548 g/mol. The highest BCUT2D eigenvalue weighted by Gasteiger charge is 2.35. The van der Waals surface area contributed by atoms with E-state index in [0.717, 1.165) is 75.6 Å². The fourth-order valence-electron chi connectivity index (χ4n) is 5.45. The molecule has 2 fully saturated rings. The fraction of sp³-hybridized carbons (Fsp3) is 0.571. The van der Waals surface area contributed by atoms with Crippen molar-refractivity contribution in [2.24, 2.45) is 0 Å². The number of alkyl halides is 3. The van der Waals surface area contributed by atoms with Gasteiger partial charge in [0, 0.05) is 49.3 Å². The second-order valence-corrected chi connectivity index (χ2v) is 10.7. The van der Waals surface area contributed by atoms with Gasteiger partial charge < -0.3 is 20.6 Å². The minimum atomic E-state index is -4.54. The molecule has 0 unspecified atom stereocenters.